The molecule has 1 aliphatic heterocycles. The molecule has 0 saturated carbocycles. The van der Waals surface area contributed by atoms with Crippen molar-refractivity contribution in [2.24, 2.45) is 0 Å². The standard InChI is InChI=1S/C12H13N3O3/c13-9-4-2-1-3-8(9)11-14-12(18-15-11)10-7-16-5-6-17-10/h1-4,10H,5-7,13H2. The molecule has 6 heteroatoms. The predicted molar refractivity (Wildman–Crippen MR) is 63.7 cm³/mol. The summed E-state index contributed by atoms with van der Waals surface area (Å²) >= 11 is 0. The molecule has 0 radical (unpaired) electrons. The summed E-state index contributed by atoms with van der Waals surface area (Å²) in [6.07, 6.45) is -0.287. The molecule has 0 amide bonds. The molecule has 6 nitrogen and oxygen atoms in total. The lowest BCUT2D eigenvalue weighted by Crippen LogP contribution is -2.22. The van der Waals surface area contributed by atoms with Crippen molar-refractivity contribution in [1.82, 2.24) is 10.1 Å². The molecule has 0 spiro atoms. The number of nitrogens with zero attached hydrogens (tertiary/aromatic N) is 2. The first kappa shape index (κ1) is 11.2. The van der Waals surface area contributed by atoms with Crippen LogP contribution in [0.3, 0.4) is 0 Å². The van der Waals surface area contributed by atoms with Crippen LogP contribution in [0.25, 0.3) is 11.4 Å². The maximum atomic E-state index is 5.86. The number of aromatic nitrogens is 2. The van der Waals surface area contributed by atoms with E-state index in [0.717, 1.165) is 5.56 Å². The zero-order valence-corrected chi connectivity index (χ0v) is 9.70. The van der Waals surface area contributed by atoms with Crippen LogP contribution >= 0.6 is 0 Å². The molecule has 1 aliphatic rings. The van der Waals surface area contributed by atoms with Gasteiger partial charge in [-0.1, -0.05) is 17.3 Å². The Morgan fingerprint density at radius 3 is 2.89 bits per heavy atom. The van der Waals surface area contributed by atoms with Crippen molar-refractivity contribution in [3.05, 3.63) is 30.2 Å². The molecule has 1 saturated heterocycles. The van der Waals surface area contributed by atoms with Crippen LogP contribution in [0, 0.1) is 0 Å². The molecule has 1 atom stereocenters. The van der Waals surface area contributed by atoms with Crippen molar-refractivity contribution in [3.63, 3.8) is 0 Å². The van der Waals surface area contributed by atoms with Gasteiger partial charge in [0.1, 0.15) is 0 Å². The minimum atomic E-state index is -0.287. The summed E-state index contributed by atoms with van der Waals surface area (Å²) in [4.78, 5) is 4.30. The van der Waals surface area contributed by atoms with E-state index in [1.54, 1.807) is 6.07 Å². The molecular formula is C12H13N3O3. The van der Waals surface area contributed by atoms with Crippen LogP contribution in [0.1, 0.15) is 12.0 Å². The van der Waals surface area contributed by atoms with E-state index >= 15 is 0 Å². The number of ether oxygens (including phenoxy) is 2. The van der Waals surface area contributed by atoms with E-state index in [0.29, 0.717) is 37.2 Å². The Balaban J connectivity index is 1.87. The minimum Gasteiger partial charge on any atom is -0.398 e. The van der Waals surface area contributed by atoms with Gasteiger partial charge in [0.05, 0.1) is 19.8 Å². The van der Waals surface area contributed by atoms with Crippen LogP contribution in [-0.4, -0.2) is 30.0 Å². The Morgan fingerprint density at radius 1 is 1.22 bits per heavy atom. The lowest BCUT2D eigenvalue weighted by atomic mass is 10.2. The maximum absolute atomic E-state index is 5.86. The predicted octanol–water partition coefficient (Wildman–Crippen LogP) is 1.41. The third kappa shape index (κ3) is 2.07. The summed E-state index contributed by atoms with van der Waals surface area (Å²) in [5, 5.41) is 3.92. The maximum Gasteiger partial charge on any atom is 0.258 e. The Morgan fingerprint density at radius 2 is 2.11 bits per heavy atom. The highest BCUT2D eigenvalue weighted by Gasteiger charge is 2.23. The average Bonchev–Trinajstić information content (AvgIpc) is 2.90. The number of para-hydroxylation sites is 1. The van der Waals surface area contributed by atoms with Crippen LogP contribution in [0.4, 0.5) is 5.69 Å². The molecule has 1 unspecified atom stereocenters. The Labute approximate surface area is 104 Å². The molecule has 1 fully saturated rings. The Bertz CT molecular complexity index is 535. The zero-order chi connectivity index (χ0) is 12.4. The first-order valence-corrected chi connectivity index (χ1v) is 5.72. The van der Waals surface area contributed by atoms with E-state index < -0.39 is 0 Å². The fourth-order valence-corrected chi connectivity index (χ4v) is 1.81. The number of nitrogen functional groups attached to an aromatic ring is 1. The van der Waals surface area contributed by atoms with Crippen molar-refractivity contribution >= 4 is 5.69 Å². The van der Waals surface area contributed by atoms with Gasteiger partial charge in [0.2, 0.25) is 5.82 Å². The second kappa shape index (κ2) is 4.75. The van der Waals surface area contributed by atoms with E-state index in [1.807, 2.05) is 18.2 Å². The number of hydrogen-bond acceptors (Lipinski definition) is 6. The van der Waals surface area contributed by atoms with Crippen molar-refractivity contribution in [1.29, 1.82) is 0 Å². The summed E-state index contributed by atoms with van der Waals surface area (Å²) in [7, 11) is 0. The molecule has 0 aliphatic carbocycles. The van der Waals surface area contributed by atoms with Gasteiger partial charge in [0.15, 0.2) is 6.10 Å². The minimum absolute atomic E-state index is 0.287. The summed E-state index contributed by atoms with van der Waals surface area (Å²) < 4.78 is 16.0. The third-order valence-corrected chi connectivity index (χ3v) is 2.73. The number of rotatable bonds is 2. The van der Waals surface area contributed by atoms with Gasteiger partial charge in [-0.15, -0.1) is 0 Å². The van der Waals surface area contributed by atoms with E-state index in [-0.39, 0.29) is 6.10 Å². The van der Waals surface area contributed by atoms with Crippen molar-refractivity contribution < 1.29 is 14.0 Å². The van der Waals surface area contributed by atoms with Crippen LogP contribution in [0.5, 0.6) is 0 Å². The first-order valence-electron chi connectivity index (χ1n) is 5.72. The molecule has 3 rings (SSSR count). The zero-order valence-electron chi connectivity index (χ0n) is 9.70. The fraction of sp³-hybridized carbons (Fsp3) is 0.333. The van der Waals surface area contributed by atoms with Gasteiger partial charge in [0.25, 0.3) is 5.89 Å². The average molecular weight is 247 g/mol. The Hall–Kier alpha value is -1.92. The second-order valence-corrected chi connectivity index (χ2v) is 3.98. The lowest BCUT2D eigenvalue weighted by Gasteiger charge is -2.19. The SMILES string of the molecule is Nc1ccccc1-c1noc(C2COCCO2)n1. The quantitative estimate of drug-likeness (QED) is 0.808. The van der Waals surface area contributed by atoms with Gasteiger partial charge < -0.3 is 19.7 Å². The molecule has 18 heavy (non-hydrogen) atoms. The van der Waals surface area contributed by atoms with Crippen molar-refractivity contribution in [2.45, 2.75) is 6.10 Å². The van der Waals surface area contributed by atoms with Crippen LogP contribution in [0.15, 0.2) is 28.8 Å². The van der Waals surface area contributed by atoms with Gasteiger partial charge in [0, 0.05) is 11.3 Å². The summed E-state index contributed by atoms with van der Waals surface area (Å²) in [6.45, 7) is 1.57. The van der Waals surface area contributed by atoms with Crippen molar-refractivity contribution in [2.75, 3.05) is 25.6 Å². The number of benzene rings is 1. The summed E-state index contributed by atoms with van der Waals surface area (Å²) in [5.74, 6) is 0.894. The largest absolute Gasteiger partial charge is 0.398 e. The van der Waals surface area contributed by atoms with Gasteiger partial charge in [-0.25, -0.2) is 0 Å². The van der Waals surface area contributed by atoms with Gasteiger partial charge >= 0.3 is 0 Å². The van der Waals surface area contributed by atoms with Gasteiger partial charge in [-0.2, -0.15) is 4.98 Å². The second-order valence-electron chi connectivity index (χ2n) is 3.98. The van der Waals surface area contributed by atoms with E-state index in [2.05, 4.69) is 10.1 Å². The summed E-state index contributed by atoms with van der Waals surface area (Å²) in [6, 6.07) is 7.38. The van der Waals surface area contributed by atoms with E-state index in [9.17, 15) is 0 Å². The van der Waals surface area contributed by atoms with Gasteiger partial charge in [-0.3, -0.25) is 0 Å². The van der Waals surface area contributed by atoms with E-state index in [4.69, 9.17) is 19.7 Å². The number of anilines is 1. The Kier molecular flexibility index (Phi) is 2.95. The highest BCUT2D eigenvalue weighted by Crippen LogP contribution is 2.25. The molecule has 2 heterocycles. The molecule has 2 N–H and O–H groups in total. The van der Waals surface area contributed by atoms with E-state index in [1.165, 1.54) is 0 Å². The normalized spacial score (nSPS) is 19.9. The number of hydrogen-bond donors (Lipinski definition) is 1. The third-order valence-electron chi connectivity index (χ3n) is 2.73. The van der Waals surface area contributed by atoms with Crippen LogP contribution in [-0.2, 0) is 9.47 Å². The molecular weight excluding hydrogens is 234 g/mol. The molecule has 94 valence electrons. The topological polar surface area (TPSA) is 83.4 Å². The molecule has 1 aromatic carbocycles. The smallest absolute Gasteiger partial charge is 0.258 e. The molecule has 1 aromatic heterocycles. The number of nitrogens with two attached hydrogens (primary N) is 1. The van der Waals surface area contributed by atoms with Crippen LogP contribution in [0.2, 0.25) is 0 Å². The fourth-order valence-electron chi connectivity index (χ4n) is 1.81. The molecule has 0 bridgehead atoms. The van der Waals surface area contributed by atoms with Crippen molar-refractivity contribution in [3.8, 4) is 11.4 Å². The first-order chi connectivity index (χ1) is 8.84. The van der Waals surface area contributed by atoms with Gasteiger partial charge in [-0.05, 0) is 12.1 Å². The summed E-state index contributed by atoms with van der Waals surface area (Å²) in [5.41, 5.74) is 7.23. The van der Waals surface area contributed by atoms with Crippen LogP contribution < -0.4 is 5.73 Å². The monoisotopic (exact) mass is 247 g/mol. The highest BCUT2D eigenvalue weighted by molar-refractivity contribution is 5.70. The highest BCUT2D eigenvalue weighted by atomic mass is 16.6. The molecule has 2 aromatic rings. The lowest BCUT2D eigenvalue weighted by molar-refractivity contribution is -0.101.